The Labute approximate surface area is 125 Å². The zero-order chi connectivity index (χ0) is 15.7. The molecule has 0 atom stereocenters. The highest BCUT2D eigenvalue weighted by molar-refractivity contribution is 5.31. The maximum atomic E-state index is 9.39. The smallest absolute Gasteiger partial charge is 0.115 e. The number of ether oxygens (including phenoxy) is 1. The molecule has 21 heavy (non-hydrogen) atoms. The molecule has 2 aromatic carbocycles. The normalized spacial score (nSPS) is 12.4. The van der Waals surface area contributed by atoms with Gasteiger partial charge in [0.2, 0.25) is 0 Å². The summed E-state index contributed by atoms with van der Waals surface area (Å²) >= 11 is 0. The van der Waals surface area contributed by atoms with Crippen LogP contribution >= 0.6 is 0 Å². The van der Waals surface area contributed by atoms with Gasteiger partial charge in [-0.25, -0.2) is 0 Å². The van der Waals surface area contributed by atoms with Crippen LogP contribution in [0.2, 0.25) is 0 Å². The highest BCUT2D eigenvalue weighted by Gasteiger charge is 2.32. The third-order valence-corrected chi connectivity index (χ3v) is 3.64. The Morgan fingerprint density at radius 3 is 1.19 bits per heavy atom. The Morgan fingerprint density at radius 1 is 0.619 bits per heavy atom. The average Bonchev–Trinajstić information content (AvgIpc) is 2.38. The summed E-state index contributed by atoms with van der Waals surface area (Å²) in [6.07, 6.45) is 0. The molecule has 3 nitrogen and oxygen atoms in total. The van der Waals surface area contributed by atoms with Crippen molar-refractivity contribution in [2.75, 3.05) is 0 Å². The largest absolute Gasteiger partial charge is 0.508 e. The van der Waals surface area contributed by atoms with Gasteiger partial charge in [0.25, 0.3) is 0 Å². The first-order valence-corrected chi connectivity index (χ1v) is 7.00. The number of hydrogen-bond acceptors (Lipinski definition) is 3. The summed E-state index contributed by atoms with van der Waals surface area (Å²) in [5, 5.41) is 18.8. The van der Waals surface area contributed by atoms with Crippen molar-refractivity contribution < 1.29 is 14.9 Å². The highest BCUT2D eigenvalue weighted by Crippen LogP contribution is 2.36. The van der Waals surface area contributed by atoms with Crippen LogP contribution in [0.5, 0.6) is 11.5 Å². The monoisotopic (exact) mass is 286 g/mol. The van der Waals surface area contributed by atoms with E-state index >= 15 is 0 Å². The van der Waals surface area contributed by atoms with E-state index in [1.54, 1.807) is 24.3 Å². The van der Waals surface area contributed by atoms with Crippen LogP contribution in [0.4, 0.5) is 0 Å². The Balaban J connectivity index is 2.25. The molecule has 0 aliphatic rings. The van der Waals surface area contributed by atoms with Gasteiger partial charge in [-0.05, 0) is 63.1 Å². The predicted octanol–water partition coefficient (Wildman–Crippen LogP) is 4.28. The minimum absolute atomic E-state index is 0.243. The van der Waals surface area contributed by atoms with Gasteiger partial charge in [-0.2, -0.15) is 0 Å². The van der Waals surface area contributed by atoms with E-state index < -0.39 is 11.2 Å². The molecule has 0 heterocycles. The summed E-state index contributed by atoms with van der Waals surface area (Å²) in [6, 6.07) is 14.1. The quantitative estimate of drug-likeness (QED) is 0.881. The average molecular weight is 286 g/mol. The van der Waals surface area contributed by atoms with E-state index in [0.717, 1.165) is 11.1 Å². The summed E-state index contributed by atoms with van der Waals surface area (Å²) in [5.74, 6) is 0.486. The fourth-order valence-corrected chi connectivity index (χ4v) is 2.48. The number of aromatic hydroxyl groups is 2. The lowest BCUT2D eigenvalue weighted by atomic mass is 9.93. The SMILES string of the molecule is CC(C)(OC(C)(C)c1ccc(O)cc1)c1ccc(O)cc1. The van der Waals surface area contributed by atoms with Crippen LogP contribution < -0.4 is 0 Å². The molecule has 112 valence electrons. The second-order valence-electron chi connectivity index (χ2n) is 6.22. The maximum absolute atomic E-state index is 9.39. The molecule has 0 amide bonds. The van der Waals surface area contributed by atoms with E-state index in [1.807, 2.05) is 52.0 Å². The molecule has 0 radical (unpaired) electrons. The van der Waals surface area contributed by atoms with Crippen molar-refractivity contribution >= 4 is 0 Å². The van der Waals surface area contributed by atoms with Crippen molar-refractivity contribution in [1.29, 1.82) is 0 Å². The first kappa shape index (κ1) is 15.4. The molecule has 2 aromatic rings. The van der Waals surface area contributed by atoms with Gasteiger partial charge in [0.05, 0.1) is 11.2 Å². The fraction of sp³-hybridized carbons (Fsp3) is 0.333. The number of benzene rings is 2. The third-order valence-electron chi connectivity index (χ3n) is 3.64. The molecule has 0 fully saturated rings. The zero-order valence-corrected chi connectivity index (χ0v) is 12.9. The highest BCUT2D eigenvalue weighted by atomic mass is 16.5. The van der Waals surface area contributed by atoms with Crippen molar-refractivity contribution in [3.8, 4) is 11.5 Å². The molecule has 0 aromatic heterocycles. The molecule has 2 N–H and O–H groups in total. The van der Waals surface area contributed by atoms with Crippen LogP contribution in [0.25, 0.3) is 0 Å². The minimum atomic E-state index is -0.505. The lowest BCUT2D eigenvalue weighted by Crippen LogP contribution is -2.33. The van der Waals surface area contributed by atoms with Crippen LogP contribution in [0.1, 0.15) is 38.8 Å². The Bertz CT molecular complexity index is 540. The van der Waals surface area contributed by atoms with Gasteiger partial charge in [0.1, 0.15) is 11.5 Å². The molecule has 0 unspecified atom stereocenters. The lowest BCUT2D eigenvalue weighted by molar-refractivity contribution is -0.132. The summed E-state index contributed by atoms with van der Waals surface area (Å²) in [4.78, 5) is 0. The van der Waals surface area contributed by atoms with Gasteiger partial charge < -0.3 is 14.9 Å². The first-order valence-electron chi connectivity index (χ1n) is 7.00. The van der Waals surface area contributed by atoms with Crippen molar-refractivity contribution in [2.24, 2.45) is 0 Å². The van der Waals surface area contributed by atoms with Gasteiger partial charge in [0, 0.05) is 0 Å². The van der Waals surface area contributed by atoms with E-state index in [0.29, 0.717) is 0 Å². The second-order valence-corrected chi connectivity index (χ2v) is 6.22. The molecular formula is C18H22O3. The fourth-order valence-electron chi connectivity index (χ4n) is 2.48. The number of hydrogen-bond donors (Lipinski definition) is 2. The molecule has 3 heteroatoms. The Hall–Kier alpha value is -2.00. The summed E-state index contributed by atoms with van der Waals surface area (Å²) in [6.45, 7) is 8.01. The molecule has 2 rings (SSSR count). The van der Waals surface area contributed by atoms with Gasteiger partial charge in [-0.1, -0.05) is 24.3 Å². The minimum Gasteiger partial charge on any atom is -0.508 e. The molecule has 0 bridgehead atoms. The van der Waals surface area contributed by atoms with E-state index in [-0.39, 0.29) is 11.5 Å². The molecule has 0 saturated heterocycles. The van der Waals surface area contributed by atoms with Gasteiger partial charge in [-0.15, -0.1) is 0 Å². The molecule has 0 saturated carbocycles. The number of rotatable bonds is 4. The van der Waals surface area contributed by atoms with Crippen LogP contribution in [0, 0.1) is 0 Å². The van der Waals surface area contributed by atoms with E-state index in [4.69, 9.17) is 4.74 Å². The molecule has 0 aliphatic carbocycles. The lowest BCUT2D eigenvalue weighted by Gasteiger charge is -2.37. The first-order chi connectivity index (χ1) is 9.71. The zero-order valence-electron chi connectivity index (χ0n) is 12.9. The van der Waals surface area contributed by atoms with Gasteiger partial charge in [-0.3, -0.25) is 0 Å². The van der Waals surface area contributed by atoms with E-state index in [2.05, 4.69) is 0 Å². The summed E-state index contributed by atoms with van der Waals surface area (Å²) < 4.78 is 6.31. The van der Waals surface area contributed by atoms with Crippen LogP contribution in [-0.2, 0) is 15.9 Å². The number of phenols is 2. The van der Waals surface area contributed by atoms with E-state index in [1.165, 1.54) is 0 Å². The number of phenolic OH excluding ortho intramolecular Hbond substituents is 2. The van der Waals surface area contributed by atoms with Crippen molar-refractivity contribution in [3.05, 3.63) is 59.7 Å². The van der Waals surface area contributed by atoms with Crippen LogP contribution in [0.15, 0.2) is 48.5 Å². The molecule has 0 spiro atoms. The van der Waals surface area contributed by atoms with E-state index in [9.17, 15) is 10.2 Å². The topological polar surface area (TPSA) is 49.7 Å². The predicted molar refractivity (Wildman–Crippen MR) is 83.4 cm³/mol. The van der Waals surface area contributed by atoms with Crippen molar-refractivity contribution in [2.45, 2.75) is 38.9 Å². The van der Waals surface area contributed by atoms with Crippen molar-refractivity contribution in [1.82, 2.24) is 0 Å². The Morgan fingerprint density at radius 2 is 0.905 bits per heavy atom. The van der Waals surface area contributed by atoms with Gasteiger partial charge in [0.15, 0.2) is 0 Å². The maximum Gasteiger partial charge on any atom is 0.115 e. The summed E-state index contributed by atoms with van der Waals surface area (Å²) in [7, 11) is 0. The molecule has 0 aliphatic heterocycles. The summed E-state index contributed by atoms with van der Waals surface area (Å²) in [5.41, 5.74) is 0.976. The van der Waals surface area contributed by atoms with Crippen molar-refractivity contribution in [3.63, 3.8) is 0 Å². The van der Waals surface area contributed by atoms with Crippen LogP contribution in [-0.4, -0.2) is 10.2 Å². The van der Waals surface area contributed by atoms with Gasteiger partial charge >= 0.3 is 0 Å². The standard InChI is InChI=1S/C18H22O3/c1-17(2,13-5-9-15(19)10-6-13)21-18(3,4)14-7-11-16(20)12-8-14/h5-12,19-20H,1-4H3. The second kappa shape index (κ2) is 5.41. The third kappa shape index (κ3) is 3.56. The van der Waals surface area contributed by atoms with Crippen LogP contribution in [0.3, 0.4) is 0 Å². The Kier molecular flexibility index (Phi) is 3.97. The molecular weight excluding hydrogens is 264 g/mol.